The number of rotatable bonds is 8. The molecular weight excluding hydrogens is 416 g/mol. The highest BCUT2D eigenvalue weighted by atomic mass is 32.1. The van der Waals surface area contributed by atoms with Gasteiger partial charge in [-0.05, 0) is 47.0 Å². The molecule has 32 heavy (non-hydrogen) atoms. The highest BCUT2D eigenvalue weighted by molar-refractivity contribution is 7.14. The molecule has 2 aromatic carbocycles. The molecular formula is C26H32N4OS. The number of hydrogen-bond donors (Lipinski definition) is 2. The molecule has 0 aliphatic carbocycles. The van der Waals surface area contributed by atoms with Gasteiger partial charge in [-0.3, -0.25) is 4.99 Å². The lowest BCUT2D eigenvalue weighted by atomic mass is 10.1. The average molecular weight is 449 g/mol. The summed E-state index contributed by atoms with van der Waals surface area (Å²) in [7, 11) is 1.84. The lowest BCUT2D eigenvalue weighted by Crippen LogP contribution is -2.48. The zero-order valence-corrected chi connectivity index (χ0v) is 19.5. The minimum absolute atomic E-state index is 0.460. The van der Waals surface area contributed by atoms with Gasteiger partial charge in [0.2, 0.25) is 0 Å². The van der Waals surface area contributed by atoms with Gasteiger partial charge in [-0.1, -0.05) is 54.6 Å². The molecule has 0 saturated carbocycles. The predicted octanol–water partition coefficient (Wildman–Crippen LogP) is 4.80. The van der Waals surface area contributed by atoms with Crippen molar-refractivity contribution in [2.24, 2.45) is 4.99 Å². The van der Waals surface area contributed by atoms with Crippen LogP contribution >= 0.6 is 11.3 Å². The molecule has 1 fully saturated rings. The predicted molar refractivity (Wildman–Crippen MR) is 134 cm³/mol. The van der Waals surface area contributed by atoms with Crippen molar-refractivity contribution in [2.75, 3.05) is 25.0 Å². The van der Waals surface area contributed by atoms with Gasteiger partial charge in [0, 0.05) is 32.7 Å². The van der Waals surface area contributed by atoms with Crippen molar-refractivity contribution in [3.05, 3.63) is 88.8 Å². The number of anilines is 1. The SMILES string of the molecule is CN=C(NCc1ccc(COCc2ccccc2)cc1)NC1CCN(c2cccs2)CC1. The van der Waals surface area contributed by atoms with Crippen LogP contribution in [-0.2, 0) is 24.5 Å². The Labute approximate surface area is 195 Å². The van der Waals surface area contributed by atoms with Gasteiger partial charge in [-0.15, -0.1) is 11.3 Å². The molecule has 3 aromatic rings. The van der Waals surface area contributed by atoms with Crippen LogP contribution in [0.4, 0.5) is 5.00 Å². The van der Waals surface area contributed by atoms with E-state index in [1.54, 1.807) is 0 Å². The van der Waals surface area contributed by atoms with Crippen molar-refractivity contribution in [3.8, 4) is 0 Å². The van der Waals surface area contributed by atoms with E-state index in [-0.39, 0.29) is 0 Å². The van der Waals surface area contributed by atoms with Crippen LogP contribution in [0.2, 0.25) is 0 Å². The van der Waals surface area contributed by atoms with E-state index in [1.807, 2.05) is 36.6 Å². The number of nitrogens with zero attached hydrogens (tertiary/aromatic N) is 2. The third-order valence-corrected chi connectivity index (χ3v) is 6.67. The molecule has 1 aliphatic rings. The van der Waals surface area contributed by atoms with E-state index in [2.05, 4.69) is 74.4 Å². The second-order valence-corrected chi connectivity index (χ2v) is 9.00. The Bertz CT molecular complexity index is 949. The first-order chi connectivity index (χ1) is 15.8. The Kier molecular flexibility index (Phi) is 8.17. The molecule has 168 valence electrons. The number of thiophene rings is 1. The van der Waals surface area contributed by atoms with Crippen molar-refractivity contribution in [3.63, 3.8) is 0 Å². The van der Waals surface area contributed by atoms with Gasteiger partial charge in [0.1, 0.15) is 0 Å². The van der Waals surface area contributed by atoms with E-state index >= 15 is 0 Å². The summed E-state index contributed by atoms with van der Waals surface area (Å²) < 4.78 is 5.83. The number of piperidine rings is 1. The second kappa shape index (κ2) is 11.7. The largest absolute Gasteiger partial charge is 0.372 e. The summed E-state index contributed by atoms with van der Waals surface area (Å²) >= 11 is 1.82. The smallest absolute Gasteiger partial charge is 0.191 e. The maximum Gasteiger partial charge on any atom is 0.191 e. The lowest BCUT2D eigenvalue weighted by molar-refractivity contribution is 0.107. The van der Waals surface area contributed by atoms with Crippen LogP contribution in [-0.4, -0.2) is 32.1 Å². The minimum Gasteiger partial charge on any atom is -0.372 e. The fourth-order valence-electron chi connectivity index (χ4n) is 3.88. The van der Waals surface area contributed by atoms with Crippen LogP contribution in [0.15, 0.2) is 77.1 Å². The molecule has 1 aromatic heterocycles. The third-order valence-electron chi connectivity index (χ3n) is 5.74. The van der Waals surface area contributed by atoms with Crippen molar-refractivity contribution < 1.29 is 4.74 Å². The van der Waals surface area contributed by atoms with Crippen LogP contribution in [0.5, 0.6) is 0 Å². The van der Waals surface area contributed by atoms with E-state index in [0.717, 1.165) is 38.4 Å². The molecule has 0 spiro atoms. The maximum absolute atomic E-state index is 5.83. The summed E-state index contributed by atoms with van der Waals surface area (Å²) in [6.45, 7) is 4.18. The molecule has 6 heteroatoms. The molecule has 1 saturated heterocycles. The fourth-order valence-corrected chi connectivity index (χ4v) is 4.67. The van der Waals surface area contributed by atoms with Gasteiger partial charge in [0.25, 0.3) is 0 Å². The van der Waals surface area contributed by atoms with Crippen LogP contribution < -0.4 is 15.5 Å². The van der Waals surface area contributed by atoms with Crippen molar-refractivity contribution in [1.82, 2.24) is 10.6 Å². The first kappa shape index (κ1) is 22.4. The van der Waals surface area contributed by atoms with Crippen LogP contribution in [0.25, 0.3) is 0 Å². The summed E-state index contributed by atoms with van der Waals surface area (Å²) in [5.41, 5.74) is 3.61. The van der Waals surface area contributed by atoms with Gasteiger partial charge in [0.15, 0.2) is 5.96 Å². The molecule has 0 atom stereocenters. The van der Waals surface area contributed by atoms with Gasteiger partial charge in [-0.25, -0.2) is 0 Å². The molecule has 0 unspecified atom stereocenters. The quantitative estimate of drug-likeness (QED) is 0.384. The Morgan fingerprint density at radius 1 is 0.938 bits per heavy atom. The van der Waals surface area contributed by atoms with Gasteiger partial charge < -0.3 is 20.3 Å². The van der Waals surface area contributed by atoms with Crippen LogP contribution in [0, 0.1) is 0 Å². The number of nitrogens with one attached hydrogen (secondary N) is 2. The average Bonchev–Trinajstić information content (AvgIpc) is 3.39. The normalized spacial score (nSPS) is 15.0. The van der Waals surface area contributed by atoms with Gasteiger partial charge in [-0.2, -0.15) is 0 Å². The van der Waals surface area contributed by atoms with E-state index in [4.69, 9.17) is 4.74 Å². The Hall–Kier alpha value is -2.83. The van der Waals surface area contributed by atoms with E-state index in [1.165, 1.54) is 21.7 Å². The number of ether oxygens (including phenoxy) is 1. The van der Waals surface area contributed by atoms with Crippen molar-refractivity contribution in [1.29, 1.82) is 0 Å². The monoisotopic (exact) mass is 448 g/mol. The van der Waals surface area contributed by atoms with Crippen molar-refractivity contribution >= 4 is 22.3 Å². The maximum atomic E-state index is 5.83. The third kappa shape index (κ3) is 6.58. The molecule has 0 amide bonds. The topological polar surface area (TPSA) is 48.9 Å². The number of aliphatic imine (C=N–C) groups is 1. The Morgan fingerprint density at radius 3 is 2.28 bits per heavy atom. The zero-order chi connectivity index (χ0) is 22.0. The molecule has 2 N–H and O–H groups in total. The summed E-state index contributed by atoms with van der Waals surface area (Å²) in [5, 5.41) is 10.6. The van der Waals surface area contributed by atoms with Crippen LogP contribution in [0.1, 0.15) is 29.5 Å². The summed E-state index contributed by atoms with van der Waals surface area (Å²) in [5.74, 6) is 0.870. The molecule has 4 rings (SSSR count). The highest BCUT2D eigenvalue weighted by Gasteiger charge is 2.20. The number of guanidine groups is 1. The van der Waals surface area contributed by atoms with E-state index in [9.17, 15) is 0 Å². The summed E-state index contributed by atoms with van der Waals surface area (Å²) in [6.07, 6.45) is 2.24. The molecule has 0 bridgehead atoms. The molecule has 2 heterocycles. The van der Waals surface area contributed by atoms with Gasteiger partial charge in [0.05, 0.1) is 18.2 Å². The molecule has 5 nitrogen and oxygen atoms in total. The standard InChI is InChI=1S/C26H32N4OS/c1-27-26(29-24-13-15-30(16-14-24)25-8-5-17-32-25)28-18-21-9-11-23(12-10-21)20-31-19-22-6-3-2-4-7-22/h2-12,17,24H,13-16,18-20H2,1H3,(H2,27,28,29). The second-order valence-electron chi connectivity index (χ2n) is 8.08. The zero-order valence-electron chi connectivity index (χ0n) is 18.7. The molecule has 1 aliphatic heterocycles. The molecule has 0 radical (unpaired) electrons. The van der Waals surface area contributed by atoms with E-state index in [0.29, 0.717) is 19.3 Å². The summed E-state index contributed by atoms with van der Waals surface area (Å²) in [6, 6.07) is 23.6. The highest BCUT2D eigenvalue weighted by Crippen LogP contribution is 2.24. The minimum atomic E-state index is 0.460. The Balaban J connectivity index is 1.17. The first-order valence-electron chi connectivity index (χ1n) is 11.3. The number of benzene rings is 2. The van der Waals surface area contributed by atoms with E-state index < -0.39 is 0 Å². The lowest BCUT2D eigenvalue weighted by Gasteiger charge is -2.33. The Morgan fingerprint density at radius 2 is 1.62 bits per heavy atom. The van der Waals surface area contributed by atoms with Crippen molar-refractivity contribution in [2.45, 2.75) is 38.6 Å². The van der Waals surface area contributed by atoms with Crippen LogP contribution in [0.3, 0.4) is 0 Å². The van der Waals surface area contributed by atoms with Gasteiger partial charge >= 0.3 is 0 Å². The number of hydrogen-bond acceptors (Lipinski definition) is 4. The fraction of sp³-hybridized carbons (Fsp3) is 0.346. The summed E-state index contributed by atoms with van der Waals surface area (Å²) in [4.78, 5) is 6.89. The first-order valence-corrected chi connectivity index (χ1v) is 12.1.